The lowest BCUT2D eigenvalue weighted by molar-refractivity contribution is -0.123. The van der Waals surface area contributed by atoms with Crippen LogP contribution in [-0.2, 0) is 4.79 Å². The Bertz CT molecular complexity index is 389. The second-order valence-electron chi connectivity index (χ2n) is 4.81. The largest absolute Gasteiger partial charge is 0.483 e. The van der Waals surface area contributed by atoms with Crippen LogP contribution in [0.2, 0.25) is 0 Å². The molecule has 0 spiro atoms. The third kappa shape index (κ3) is 4.75. The molecule has 1 rings (SSSR count). The molecule has 0 aromatic heterocycles. The molecular formula is C14H22N2O2. The minimum Gasteiger partial charge on any atom is -0.483 e. The van der Waals surface area contributed by atoms with E-state index in [2.05, 4.69) is 5.32 Å². The average Bonchev–Trinajstić information content (AvgIpc) is 2.34. The number of hydrogen-bond acceptors (Lipinski definition) is 3. The summed E-state index contributed by atoms with van der Waals surface area (Å²) < 4.78 is 5.50. The molecule has 0 saturated heterocycles. The highest BCUT2D eigenvalue weighted by molar-refractivity contribution is 5.77. The van der Waals surface area contributed by atoms with E-state index in [1.54, 1.807) is 0 Å². The molecule has 0 radical (unpaired) electrons. The van der Waals surface area contributed by atoms with Crippen molar-refractivity contribution in [3.63, 3.8) is 0 Å². The average molecular weight is 250 g/mol. The van der Waals surface area contributed by atoms with Gasteiger partial charge < -0.3 is 15.8 Å². The van der Waals surface area contributed by atoms with Gasteiger partial charge in [-0.3, -0.25) is 4.79 Å². The summed E-state index contributed by atoms with van der Waals surface area (Å²) in [5, 5.41) is 2.81. The van der Waals surface area contributed by atoms with E-state index in [1.165, 1.54) is 0 Å². The van der Waals surface area contributed by atoms with Gasteiger partial charge in [0.05, 0.1) is 0 Å². The summed E-state index contributed by atoms with van der Waals surface area (Å²) in [4.78, 5) is 11.5. The summed E-state index contributed by atoms with van der Waals surface area (Å²) >= 11 is 0. The van der Waals surface area contributed by atoms with Crippen LogP contribution in [0.15, 0.2) is 24.3 Å². The van der Waals surface area contributed by atoms with Crippen LogP contribution in [0.4, 0.5) is 0 Å². The fourth-order valence-electron chi connectivity index (χ4n) is 1.50. The van der Waals surface area contributed by atoms with Crippen LogP contribution >= 0.6 is 0 Å². The summed E-state index contributed by atoms with van der Waals surface area (Å²) in [6.07, 6.45) is 0. The number of nitrogens with two attached hydrogens (primary N) is 1. The molecular weight excluding hydrogens is 228 g/mol. The Labute approximate surface area is 109 Å². The molecule has 1 unspecified atom stereocenters. The first-order valence-corrected chi connectivity index (χ1v) is 6.24. The van der Waals surface area contributed by atoms with Crippen molar-refractivity contribution in [3.8, 4) is 5.75 Å². The van der Waals surface area contributed by atoms with E-state index in [9.17, 15) is 4.79 Å². The maximum absolute atomic E-state index is 11.5. The molecule has 0 aliphatic rings. The first kappa shape index (κ1) is 14.5. The van der Waals surface area contributed by atoms with E-state index in [4.69, 9.17) is 10.5 Å². The number of carbonyl (C=O) groups excluding carboxylic acids is 1. The topological polar surface area (TPSA) is 64.3 Å². The second kappa shape index (κ2) is 7.01. The predicted octanol–water partition coefficient (Wildman–Crippen LogP) is 1.86. The predicted molar refractivity (Wildman–Crippen MR) is 72.4 cm³/mol. The van der Waals surface area contributed by atoms with E-state index in [0.29, 0.717) is 18.2 Å². The number of ether oxygens (including phenoxy) is 1. The van der Waals surface area contributed by atoms with Gasteiger partial charge in [0, 0.05) is 18.2 Å². The molecule has 4 heteroatoms. The Kier molecular flexibility index (Phi) is 5.65. The third-order valence-electron chi connectivity index (χ3n) is 2.48. The lowest BCUT2D eigenvalue weighted by Gasteiger charge is -2.14. The number of hydrogen-bond donors (Lipinski definition) is 2. The van der Waals surface area contributed by atoms with Gasteiger partial charge in [0.1, 0.15) is 5.75 Å². The molecule has 0 saturated carbocycles. The second-order valence-corrected chi connectivity index (χ2v) is 4.81. The standard InChI is InChI=1S/C14H22N2O2/c1-10(2)8-16-14(17)9-18-13-7-5-4-6-12(13)11(3)15/h4-7,10-11H,8-9,15H2,1-3H3,(H,16,17). The van der Waals surface area contributed by atoms with Gasteiger partial charge in [-0.1, -0.05) is 32.0 Å². The summed E-state index contributed by atoms with van der Waals surface area (Å²) in [5.74, 6) is 1.00. The summed E-state index contributed by atoms with van der Waals surface area (Å²) in [5.41, 5.74) is 6.75. The molecule has 0 aliphatic heterocycles. The number of rotatable bonds is 6. The van der Waals surface area contributed by atoms with Gasteiger partial charge >= 0.3 is 0 Å². The van der Waals surface area contributed by atoms with E-state index in [0.717, 1.165) is 5.56 Å². The fraction of sp³-hybridized carbons (Fsp3) is 0.500. The molecule has 1 aromatic carbocycles. The Morgan fingerprint density at radius 1 is 1.33 bits per heavy atom. The smallest absolute Gasteiger partial charge is 0.257 e. The van der Waals surface area contributed by atoms with Crippen LogP contribution in [0.5, 0.6) is 5.75 Å². The molecule has 18 heavy (non-hydrogen) atoms. The first-order valence-electron chi connectivity index (χ1n) is 6.24. The molecule has 1 amide bonds. The Balaban J connectivity index is 2.50. The van der Waals surface area contributed by atoms with Gasteiger partial charge in [0.25, 0.3) is 5.91 Å². The molecule has 1 aromatic rings. The van der Waals surface area contributed by atoms with Crippen molar-refractivity contribution in [3.05, 3.63) is 29.8 Å². The van der Waals surface area contributed by atoms with E-state index in [-0.39, 0.29) is 18.6 Å². The van der Waals surface area contributed by atoms with E-state index in [1.807, 2.05) is 45.0 Å². The number of benzene rings is 1. The maximum atomic E-state index is 11.5. The monoisotopic (exact) mass is 250 g/mol. The van der Waals surface area contributed by atoms with Crippen molar-refractivity contribution in [2.75, 3.05) is 13.2 Å². The molecule has 1 atom stereocenters. The summed E-state index contributed by atoms with van der Waals surface area (Å²) in [7, 11) is 0. The molecule has 0 fully saturated rings. The van der Waals surface area contributed by atoms with Gasteiger partial charge in [-0.2, -0.15) is 0 Å². The normalized spacial score (nSPS) is 12.3. The van der Waals surface area contributed by atoms with Crippen molar-refractivity contribution in [2.24, 2.45) is 11.7 Å². The minimum absolute atomic E-state index is 0.0243. The van der Waals surface area contributed by atoms with Gasteiger partial charge in [-0.15, -0.1) is 0 Å². The minimum atomic E-state index is -0.111. The van der Waals surface area contributed by atoms with Crippen LogP contribution in [0.1, 0.15) is 32.4 Å². The molecule has 4 nitrogen and oxygen atoms in total. The highest BCUT2D eigenvalue weighted by Gasteiger charge is 2.09. The molecule has 0 bridgehead atoms. The van der Waals surface area contributed by atoms with E-state index < -0.39 is 0 Å². The molecule has 0 aliphatic carbocycles. The van der Waals surface area contributed by atoms with Gasteiger partial charge in [0.15, 0.2) is 6.61 Å². The Morgan fingerprint density at radius 2 is 2.00 bits per heavy atom. The maximum Gasteiger partial charge on any atom is 0.257 e. The quantitative estimate of drug-likeness (QED) is 0.810. The van der Waals surface area contributed by atoms with Gasteiger partial charge in [-0.25, -0.2) is 0 Å². The number of para-hydroxylation sites is 1. The highest BCUT2D eigenvalue weighted by atomic mass is 16.5. The zero-order chi connectivity index (χ0) is 13.5. The molecule has 0 heterocycles. The zero-order valence-corrected chi connectivity index (χ0v) is 11.3. The van der Waals surface area contributed by atoms with Crippen molar-refractivity contribution in [1.82, 2.24) is 5.32 Å². The van der Waals surface area contributed by atoms with Crippen LogP contribution in [-0.4, -0.2) is 19.1 Å². The van der Waals surface area contributed by atoms with Crippen LogP contribution in [0.3, 0.4) is 0 Å². The van der Waals surface area contributed by atoms with Crippen LogP contribution < -0.4 is 15.8 Å². The third-order valence-corrected chi connectivity index (χ3v) is 2.48. The van der Waals surface area contributed by atoms with Gasteiger partial charge in [0.2, 0.25) is 0 Å². The van der Waals surface area contributed by atoms with Crippen molar-refractivity contribution >= 4 is 5.91 Å². The van der Waals surface area contributed by atoms with Crippen molar-refractivity contribution < 1.29 is 9.53 Å². The number of carbonyl (C=O) groups is 1. The number of nitrogens with one attached hydrogen (secondary N) is 1. The lowest BCUT2D eigenvalue weighted by Crippen LogP contribution is -2.31. The first-order chi connectivity index (χ1) is 8.50. The van der Waals surface area contributed by atoms with Gasteiger partial charge in [-0.05, 0) is 18.9 Å². The molecule has 100 valence electrons. The zero-order valence-electron chi connectivity index (χ0n) is 11.3. The fourth-order valence-corrected chi connectivity index (χ4v) is 1.50. The van der Waals surface area contributed by atoms with E-state index >= 15 is 0 Å². The molecule has 3 N–H and O–H groups in total. The highest BCUT2D eigenvalue weighted by Crippen LogP contribution is 2.22. The Morgan fingerprint density at radius 3 is 2.61 bits per heavy atom. The number of amides is 1. The summed E-state index contributed by atoms with van der Waals surface area (Å²) in [6, 6.07) is 7.40. The van der Waals surface area contributed by atoms with Crippen molar-refractivity contribution in [1.29, 1.82) is 0 Å². The SMILES string of the molecule is CC(C)CNC(=O)COc1ccccc1C(C)N. The Hall–Kier alpha value is -1.55. The lowest BCUT2D eigenvalue weighted by atomic mass is 10.1. The van der Waals surface area contributed by atoms with Crippen LogP contribution in [0.25, 0.3) is 0 Å². The summed E-state index contributed by atoms with van der Waals surface area (Å²) in [6.45, 7) is 6.67. The van der Waals surface area contributed by atoms with Crippen LogP contribution in [0, 0.1) is 5.92 Å². The van der Waals surface area contributed by atoms with Crippen molar-refractivity contribution in [2.45, 2.75) is 26.8 Å².